The fraction of sp³-hybridized carbons (Fsp3) is 0.129. The van der Waals surface area contributed by atoms with Crippen LogP contribution >= 0.6 is 11.3 Å². The molecule has 0 saturated carbocycles. The van der Waals surface area contributed by atoms with Gasteiger partial charge in [0.25, 0.3) is 0 Å². The normalized spacial score (nSPS) is 14.0. The molecule has 1 aliphatic rings. The van der Waals surface area contributed by atoms with Crippen molar-refractivity contribution in [2.75, 3.05) is 9.80 Å². The van der Waals surface area contributed by atoms with Crippen LogP contribution in [0.25, 0.3) is 53.6 Å². The summed E-state index contributed by atoms with van der Waals surface area (Å²) in [5.74, 6) is 0. The molecule has 316 valence electrons. The van der Waals surface area contributed by atoms with Crippen LogP contribution in [0.5, 0.6) is 0 Å². The van der Waals surface area contributed by atoms with E-state index in [0.717, 1.165) is 34.1 Å². The summed E-state index contributed by atoms with van der Waals surface area (Å²) in [7, 11) is 0. The average Bonchev–Trinajstić information content (AvgIpc) is 3.74. The number of thiophene rings is 1. The lowest BCUT2D eigenvalue weighted by Gasteiger charge is -2.42. The first kappa shape index (κ1) is 40.6. The monoisotopic (exact) mass is 856 g/mol. The highest BCUT2D eigenvalue weighted by molar-refractivity contribution is 7.25. The van der Waals surface area contributed by atoms with Crippen molar-refractivity contribution in [3.63, 3.8) is 0 Å². The molecule has 0 fully saturated rings. The van der Waals surface area contributed by atoms with E-state index in [1.54, 1.807) is 0 Å². The van der Waals surface area contributed by atoms with E-state index in [2.05, 4.69) is 256 Å². The van der Waals surface area contributed by atoms with E-state index in [0.29, 0.717) is 0 Å². The van der Waals surface area contributed by atoms with Gasteiger partial charge in [-0.1, -0.05) is 161 Å². The molecule has 2 nitrogen and oxygen atoms in total. The Labute approximate surface area is 387 Å². The number of fused-ring (bicyclic) bond motifs is 4. The second-order valence-electron chi connectivity index (χ2n) is 18.8. The largest absolute Gasteiger partial charge is 0.311 e. The lowest BCUT2D eigenvalue weighted by molar-refractivity contribution is 0.332. The molecule has 0 bridgehead atoms. The number of benzene rings is 9. The number of nitrogens with zero attached hydrogens (tertiary/aromatic N) is 2. The highest BCUT2D eigenvalue weighted by atomic mass is 32.1. The summed E-state index contributed by atoms with van der Waals surface area (Å²) in [5.41, 5.74) is 17.4. The van der Waals surface area contributed by atoms with Gasteiger partial charge >= 0.3 is 0 Å². The maximum absolute atomic E-state index is 2.46. The molecule has 1 aromatic heterocycles. The van der Waals surface area contributed by atoms with Crippen molar-refractivity contribution in [2.45, 2.75) is 51.4 Å². The molecule has 0 radical (unpaired) electrons. The van der Waals surface area contributed by atoms with Gasteiger partial charge in [-0.2, -0.15) is 0 Å². The van der Waals surface area contributed by atoms with Gasteiger partial charge in [0.2, 0.25) is 0 Å². The molecule has 1 aliphatic carbocycles. The SMILES string of the molecule is CC1(C)CCC(C)(C)c2cc(-c3ccc(N(c4ccccc4)c4ccc(-c5ccc(N(c6ccccc6)c6ccc(-c7cccc8sc9ccccc9c78)cc6)cc5)cc4)cc3)ccc21. The van der Waals surface area contributed by atoms with Gasteiger partial charge in [0.05, 0.1) is 0 Å². The van der Waals surface area contributed by atoms with Crippen LogP contribution in [0.3, 0.4) is 0 Å². The summed E-state index contributed by atoms with van der Waals surface area (Å²) in [6.45, 7) is 9.60. The van der Waals surface area contributed by atoms with E-state index in [9.17, 15) is 0 Å². The van der Waals surface area contributed by atoms with Crippen molar-refractivity contribution < 1.29 is 0 Å². The highest BCUT2D eigenvalue weighted by Gasteiger charge is 2.37. The van der Waals surface area contributed by atoms with Gasteiger partial charge < -0.3 is 9.80 Å². The van der Waals surface area contributed by atoms with Crippen molar-refractivity contribution in [1.82, 2.24) is 0 Å². The van der Waals surface area contributed by atoms with Crippen LogP contribution in [0.15, 0.2) is 218 Å². The molecule has 0 N–H and O–H groups in total. The second kappa shape index (κ2) is 16.4. The van der Waals surface area contributed by atoms with Gasteiger partial charge in [-0.3, -0.25) is 0 Å². The molecule has 1 heterocycles. The number of rotatable bonds is 9. The molecule has 0 aliphatic heterocycles. The number of hydrogen-bond donors (Lipinski definition) is 0. The summed E-state index contributed by atoms with van der Waals surface area (Å²) in [6.07, 6.45) is 2.43. The minimum Gasteiger partial charge on any atom is -0.311 e. The Balaban J connectivity index is 0.872. The fourth-order valence-corrected chi connectivity index (χ4v) is 11.2. The molecular weight excluding hydrogens is 805 g/mol. The van der Waals surface area contributed by atoms with E-state index in [-0.39, 0.29) is 10.8 Å². The molecule has 3 heteroatoms. The summed E-state index contributed by atoms with van der Waals surface area (Å²) >= 11 is 1.86. The predicted octanol–water partition coefficient (Wildman–Crippen LogP) is 18.3. The molecule has 9 aromatic carbocycles. The zero-order valence-electron chi connectivity index (χ0n) is 37.5. The lowest BCUT2D eigenvalue weighted by Crippen LogP contribution is -2.33. The van der Waals surface area contributed by atoms with Gasteiger partial charge in [-0.25, -0.2) is 0 Å². The third-order valence-corrected chi connectivity index (χ3v) is 14.9. The smallest absolute Gasteiger partial charge is 0.0462 e. The Kier molecular flexibility index (Phi) is 10.2. The van der Waals surface area contributed by atoms with Gasteiger partial charge in [0.15, 0.2) is 0 Å². The standard InChI is InChI=1S/C62H52N2S/c1-61(2)40-41-62(3,4)57-42-47(30-39-56(57)61)45-26-35-52(36-27-45)63(48-14-7-5-8-15-48)50-31-22-43(23-32-50)44-24-33-51(34-25-44)64(49-16-9-6-10-17-49)53-37-28-46(29-38-53)54-19-13-21-59-60(54)55-18-11-12-20-58(55)65-59/h5-39,42H,40-41H2,1-4H3. The van der Waals surface area contributed by atoms with Gasteiger partial charge in [0.1, 0.15) is 0 Å². The summed E-state index contributed by atoms with van der Waals surface area (Å²) in [5, 5.41) is 2.65. The Bertz CT molecular complexity index is 3270. The molecule has 10 aromatic rings. The van der Waals surface area contributed by atoms with Gasteiger partial charge in [-0.05, 0) is 153 Å². The molecule has 11 rings (SSSR count). The molecular formula is C62H52N2S. The first-order valence-corrected chi connectivity index (χ1v) is 23.7. The van der Waals surface area contributed by atoms with Crippen molar-refractivity contribution in [2.24, 2.45) is 0 Å². The summed E-state index contributed by atoms with van der Waals surface area (Å²) in [6, 6.07) is 80.0. The van der Waals surface area contributed by atoms with Crippen molar-refractivity contribution in [3.05, 3.63) is 230 Å². The number of hydrogen-bond acceptors (Lipinski definition) is 3. The van der Waals surface area contributed by atoms with Crippen LogP contribution in [0.1, 0.15) is 51.7 Å². The van der Waals surface area contributed by atoms with Crippen LogP contribution in [0, 0.1) is 0 Å². The quantitative estimate of drug-likeness (QED) is 0.143. The molecule has 0 unspecified atom stereocenters. The minimum atomic E-state index is 0.173. The Hall–Kier alpha value is -7.20. The Morgan fingerprint density at radius 2 is 0.738 bits per heavy atom. The molecule has 0 atom stereocenters. The van der Waals surface area contributed by atoms with Crippen molar-refractivity contribution in [1.29, 1.82) is 0 Å². The third kappa shape index (κ3) is 7.60. The van der Waals surface area contributed by atoms with Crippen molar-refractivity contribution in [3.8, 4) is 33.4 Å². The zero-order valence-corrected chi connectivity index (χ0v) is 38.3. The average molecular weight is 857 g/mol. The van der Waals surface area contributed by atoms with E-state index in [1.807, 2.05) is 11.3 Å². The van der Waals surface area contributed by atoms with Crippen LogP contribution in [0.2, 0.25) is 0 Å². The first-order chi connectivity index (χ1) is 31.7. The van der Waals surface area contributed by atoms with Crippen LogP contribution in [-0.2, 0) is 10.8 Å². The molecule has 65 heavy (non-hydrogen) atoms. The van der Waals surface area contributed by atoms with E-state index in [4.69, 9.17) is 0 Å². The summed E-state index contributed by atoms with van der Waals surface area (Å²) < 4.78 is 2.65. The van der Waals surface area contributed by atoms with Gasteiger partial charge in [-0.15, -0.1) is 11.3 Å². The van der Waals surface area contributed by atoms with E-state index >= 15 is 0 Å². The third-order valence-electron chi connectivity index (χ3n) is 13.8. The molecule has 0 saturated heterocycles. The number of anilines is 6. The Morgan fingerprint density at radius 3 is 1.26 bits per heavy atom. The molecule has 0 amide bonds. The molecule has 0 spiro atoms. The van der Waals surface area contributed by atoms with Crippen LogP contribution in [-0.4, -0.2) is 0 Å². The second-order valence-corrected chi connectivity index (χ2v) is 19.9. The number of para-hydroxylation sites is 2. The van der Waals surface area contributed by atoms with Crippen molar-refractivity contribution >= 4 is 65.6 Å². The van der Waals surface area contributed by atoms with E-state index in [1.165, 1.54) is 77.5 Å². The van der Waals surface area contributed by atoms with Crippen LogP contribution < -0.4 is 9.80 Å². The predicted molar refractivity (Wildman–Crippen MR) is 280 cm³/mol. The van der Waals surface area contributed by atoms with Gasteiger partial charge in [0, 0.05) is 54.3 Å². The Morgan fingerprint density at radius 1 is 0.338 bits per heavy atom. The minimum absolute atomic E-state index is 0.173. The maximum atomic E-state index is 2.46. The summed E-state index contributed by atoms with van der Waals surface area (Å²) in [4.78, 5) is 4.69. The lowest BCUT2D eigenvalue weighted by atomic mass is 9.63. The van der Waals surface area contributed by atoms with Crippen LogP contribution in [0.4, 0.5) is 34.1 Å². The zero-order chi connectivity index (χ0) is 44.1. The fourth-order valence-electron chi connectivity index (χ4n) is 10.0. The topological polar surface area (TPSA) is 6.48 Å². The maximum Gasteiger partial charge on any atom is 0.0462 e. The first-order valence-electron chi connectivity index (χ1n) is 22.9. The highest BCUT2D eigenvalue weighted by Crippen LogP contribution is 2.48. The van der Waals surface area contributed by atoms with E-state index < -0.39 is 0 Å².